The molecule has 1 aliphatic rings. The smallest absolute Gasteiger partial charge is 0.259 e. The first-order valence-corrected chi connectivity index (χ1v) is 10.6. The van der Waals surface area contributed by atoms with Crippen molar-refractivity contribution < 1.29 is 19.4 Å². The predicted molar refractivity (Wildman–Crippen MR) is 119 cm³/mol. The van der Waals surface area contributed by atoms with Gasteiger partial charge in [0, 0.05) is 38.2 Å². The molecule has 2 amide bonds. The maximum Gasteiger partial charge on any atom is 0.259 e. The van der Waals surface area contributed by atoms with E-state index < -0.39 is 6.04 Å². The van der Waals surface area contributed by atoms with Gasteiger partial charge >= 0.3 is 0 Å². The number of hydrogen-bond donors (Lipinski definition) is 1. The lowest BCUT2D eigenvalue weighted by Gasteiger charge is -2.37. The number of fused-ring (bicyclic) bond motifs is 1. The molecule has 2 aromatic rings. The molecule has 0 bridgehead atoms. The van der Waals surface area contributed by atoms with E-state index in [4.69, 9.17) is 4.74 Å². The third kappa shape index (κ3) is 4.89. The van der Waals surface area contributed by atoms with Crippen molar-refractivity contribution in [2.24, 2.45) is 5.92 Å². The predicted octanol–water partition coefficient (Wildman–Crippen LogP) is 2.32. The Hall–Kier alpha value is -3.44. The van der Waals surface area contributed by atoms with E-state index in [9.17, 15) is 20.0 Å². The number of amides is 2. The van der Waals surface area contributed by atoms with E-state index in [1.165, 1.54) is 6.92 Å². The van der Waals surface area contributed by atoms with E-state index in [1.54, 1.807) is 54.2 Å². The number of carbonyl (C=O) groups is 2. The standard InChI is InChI=1S/C24H28N4O4/c1-15-12-28(16(2)14-29)24(31)21-9-20(19-7-5-6-18(8-19)10-25)11-26-23(21)32-22(15)13-27(4)17(3)30/h5-9,11,15-16,22,29H,12-14H2,1-4H3/t15-,16-,22+/m0/s1. The van der Waals surface area contributed by atoms with Gasteiger partial charge in [-0.1, -0.05) is 19.1 Å². The van der Waals surface area contributed by atoms with Gasteiger partial charge < -0.3 is 19.6 Å². The van der Waals surface area contributed by atoms with Crippen molar-refractivity contribution in [1.82, 2.24) is 14.8 Å². The second-order valence-corrected chi connectivity index (χ2v) is 8.29. The van der Waals surface area contributed by atoms with Crippen LogP contribution in [0.3, 0.4) is 0 Å². The number of carbonyl (C=O) groups excluding carboxylic acids is 2. The molecule has 0 saturated carbocycles. The fraction of sp³-hybridized carbons (Fsp3) is 0.417. The number of nitriles is 1. The second-order valence-electron chi connectivity index (χ2n) is 8.29. The average molecular weight is 437 g/mol. The SMILES string of the molecule is CC(=O)N(C)C[C@H]1Oc2ncc(-c3cccc(C#N)c3)cc2C(=O)N([C@@H](C)CO)C[C@@H]1C. The van der Waals surface area contributed by atoms with E-state index in [-0.39, 0.29) is 41.9 Å². The summed E-state index contributed by atoms with van der Waals surface area (Å²) in [6, 6.07) is 10.5. The molecule has 0 saturated heterocycles. The first-order valence-electron chi connectivity index (χ1n) is 10.6. The van der Waals surface area contributed by atoms with Crippen LogP contribution < -0.4 is 4.74 Å². The number of hydrogen-bond acceptors (Lipinski definition) is 6. The zero-order chi connectivity index (χ0) is 23.4. The summed E-state index contributed by atoms with van der Waals surface area (Å²) in [5.74, 6) is -0.270. The topological polar surface area (TPSA) is 107 Å². The number of aliphatic hydroxyl groups is 1. The van der Waals surface area contributed by atoms with Crippen LogP contribution in [0.15, 0.2) is 36.5 Å². The molecule has 0 spiro atoms. The molecule has 0 aliphatic carbocycles. The van der Waals surface area contributed by atoms with Gasteiger partial charge in [0.15, 0.2) is 0 Å². The van der Waals surface area contributed by atoms with E-state index in [0.29, 0.717) is 24.2 Å². The number of aliphatic hydroxyl groups excluding tert-OH is 1. The van der Waals surface area contributed by atoms with Crippen molar-refractivity contribution in [3.63, 3.8) is 0 Å². The summed E-state index contributed by atoms with van der Waals surface area (Å²) in [5.41, 5.74) is 2.23. The van der Waals surface area contributed by atoms with Crippen molar-refractivity contribution in [3.05, 3.63) is 47.7 Å². The Kier molecular flexibility index (Phi) is 7.11. The van der Waals surface area contributed by atoms with E-state index in [1.807, 2.05) is 13.0 Å². The summed E-state index contributed by atoms with van der Waals surface area (Å²) in [6.45, 7) is 5.77. The summed E-state index contributed by atoms with van der Waals surface area (Å²) in [4.78, 5) is 32.9. The number of benzene rings is 1. The summed E-state index contributed by atoms with van der Waals surface area (Å²) in [7, 11) is 1.70. The van der Waals surface area contributed by atoms with Gasteiger partial charge in [-0.2, -0.15) is 5.26 Å². The van der Waals surface area contributed by atoms with Gasteiger partial charge in [-0.15, -0.1) is 0 Å². The van der Waals surface area contributed by atoms with Crippen molar-refractivity contribution in [2.75, 3.05) is 26.7 Å². The number of aromatic nitrogens is 1. The van der Waals surface area contributed by atoms with Crippen LogP contribution >= 0.6 is 0 Å². The lowest BCUT2D eigenvalue weighted by Crippen LogP contribution is -2.50. The molecule has 3 atom stereocenters. The lowest BCUT2D eigenvalue weighted by molar-refractivity contribution is -0.129. The number of pyridine rings is 1. The quantitative estimate of drug-likeness (QED) is 0.771. The minimum absolute atomic E-state index is 0.0829. The van der Waals surface area contributed by atoms with Gasteiger partial charge in [0.2, 0.25) is 11.8 Å². The second kappa shape index (κ2) is 9.79. The molecule has 3 rings (SSSR count). The lowest BCUT2D eigenvalue weighted by atomic mass is 9.99. The summed E-state index contributed by atoms with van der Waals surface area (Å²) >= 11 is 0. The van der Waals surface area contributed by atoms with E-state index in [0.717, 1.165) is 5.56 Å². The van der Waals surface area contributed by atoms with Crippen LogP contribution in [0.1, 0.15) is 36.7 Å². The fourth-order valence-corrected chi connectivity index (χ4v) is 3.64. The molecule has 1 aromatic carbocycles. The van der Waals surface area contributed by atoms with Gasteiger partial charge in [-0.05, 0) is 30.7 Å². The Balaban J connectivity index is 2.07. The number of likely N-dealkylation sites (N-methyl/N-ethyl adjacent to an activating group) is 1. The summed E-state index contributed by atoms with van der Waals surface area (Å²) in [5, 5.41) is 19.0. The van der Waals surface area contributed by atoms with Gasteiger partial charge in [0.25, 0.3) is 5.91 Å². The molecule has 2 heterocycles. The van der Waals surface area contributed by atoms with E-state index >= 15 is 0 Å². The van der Waals surface area contributed by atoms with Crippen LogP contribution in [0.4, 0.5) is 0 Å². The molecule has 0 unspecified atom stereocenters. The minimum atomic E-state index is -0.396. The average Bonchev–Trinajstić information content (AvgIpc) is 2.80. The van der Waals surface area contributed by atoms with Crippen LogP contribution in [0.5, 0.6) is 5.88 Å². The molecular weight excluding hydrogens is 408 g/mol. The Morgan fingerprint density at radius 3 is 2.81 bits per heavy atom. The maximum absolute atomic E-state index is 13.5. The van der Waals surface area contributed by atoms with Crippen LogP contribution in [0.2, 0.25) is 0 Å². The molecule has 32 heavy (non-hydrogen) atoms. The molecule has 168 valence electrons. The van der Waals surface area contributed by atoms with Crippen LogP contribution in [0, 0.1) is 17.2 Å². The molecule has 0 radical (unpaired) electrons. The summed E-state index contributed by atoms with van der Waals surface area (Å²) in [6.07, 6.45) is 1.23. The van der Waals surface area contributed by atoms with Crippen LogP contribution in [0.25, 0.3) is 11.1 Å². The van der Waals surface area contributed by atoms with Gasteiger partial charge in [-0.3, -0.25) is 9.59 Å². The Morgan fingerprint density at radius 1 is 1.41 bits per heavy atom. The largest absolute Gasteiger partial charge is 0.472 e. The molecule has 8 heteroatoms. The highest BCUT2D eigenvalue weighted by molar-refractivity contribution is 5.98. The normalized spacial score (nSPS) is 19.1. The molecule has 1 aromatic heterocycles. The summed E-state index contributed by atoms with van der Waals surface area (Å²) < 4.78 is 6.17. The van der Waals surface area contributed by atoms with Crippen LogP contribution in [-0.4, -0.2) is 70.6 Å². The Labute approximate surface area is 188 Å². The molecular formula is C24H28N4O4. The van der Waals surface area contributed by atoms with Crippen LogP contribution in [-0.2, 0) is 4.79 Å². The highest BCUT2D eigenvalue weighted by atomic mass is 16.5. The zero-order valence-corrected chi connectivity index (χ0v) is 18.8. The third-order valence-electron chi connectivity index (χ3n) is 5.84. The van der Waals surface area contributed by atoms with Crippen molar-refractivity contribution in [1.29, 1.82) is 5.26 Å². The number of rotatable bonds is 5. The van der Waals surface area contributed by atoms with Crippen molar-refractivity contribution in [3.8, 4) is 23.1 Å². The van der Waals surface area contributed by atoms with E-state index in [2.05, 4.69) is 11.1 Å². The molecule has 0 fully saturated rings. The monoisotopic (exact) mass is 436 g/mol. The highest BCUT2D eigenvalue weighted by Gasteiger charge is 2.34. The highest BCUT2D eigenvalue weighted by Crippen LogP contribution is 2.30. The minimum Gasteiger partial charge on any atom is -0.472 e. The number of nitrogens with zero attached hydrogens (tertiary/aromatic N) is 4. The van der Waals surface area contributed by atoms with Gasteiger partial charge in [0.05, 0.1) is 30.8 Å². The molecule has 8 nitrogen and oxygen atoms in total. The zero-order valence-electron chi connectivity index (χ0n) is 18.8. The molecule has 1 N–H and O–H groups in total. The third-order valence-corrected chi connectivity index (χ3v) is 5.84. The number of ether oxygens (including phenoxy) is 1. The first kappa shape index (κ1) is 23.2. The fourth-order valence-electron chi connectivity index (χ4n) is 3.64. The Bertz CT molecular complexity index is 1050. The Morgan fingerprint density at radius 2 is 2.16 bits per heavy atom. The molecule has 1 aliphatic heterocycles. The first-order chi connectivity index (χ1) is 15.2. The maximum atomic E-state index is 13.5. The van der Waals surface area contributed by atoms with Gasteiger partial charge in [-0.25, -0.2) is 4.98 Å². The van der Waals surface area contributed by atoms with Gasteiger partial charge in [0.1, 0.15) is 11.7 Å². The van der Waals surface area contributed by atoms with Crippen molar-refractivity contribution >= 4 is 11.8 Å². The van der Waals surface area contributed by atoms with Crippen molar-refractivity contribution in [2.45, 2.75) is 32.9 Å².